The molecule has 0 radical (unpaired) electrons. The Bertz CT molecular complexity index is 325. The van der Waals surface area contributed by atoms with Crippen LogP contribution in [-0.2, 0) is 9.53 Å². The number of ether oxygens (including phenoxy) is 1. The fraction of sp³-hybridized carbons (Fsp3) is 0.923. The lowest BCUT2D eigenvalue weighted by Gasteiger charge is -2.58. The van der Waals surface area contributed by atoms with Crippen LogP contribution in [0.3, 0.4) is 0 Å². The van der Waals surface area contributed by atoms with Gasteiger partial charge in [-0.2, -0.15) is 0 Å². The molecule has 0 heterocycles. The Morgan fingerprint density at radius 2 is 2.11 bits per heavy atom. The van der Waals surface area contributed by atoms with E-state index in [0.717, 1.165) is 0 Å². The molecule has 0 aromatic heterocycles. The van der Waals surface area contributed by atoms with Gasteiger partial charge < -0.3 is 15.2 Å². The second kappa shape index (κ2) is 4.78. The van der Waals surface area contributed by atoms with Gasteiger partial charge in [-0.1, -0.05) is 13.8 Å². The second-order valence-corrected chi connectivity index (χ2v) is 6.06. The molecule has 5 heteroatoms. The monoisotopic (exact) mass is 261 g/mol. The Morgan fingerprint density at radius 1 is 1.56 bits per heavy atom. The number of carbonyl (C=O) groups is 1. The zero-order valence-electron chi connectivity index (χ0n) is 11.8. The van der Waals surface area contributed by atoms with E-state index in [0.29, 0.717) is 13.0 Å². The van der Waals surface area contributed by atoms with Crippen LogP contribution in [0.1, 0.15) is 41.0 Å². The summed E-state index contributed by atoms with van der Waals surface area (Å²) in [6.07, 6.45) is 0.434. The van der Waals surface area contributed by atoms with Crippen LogP contribution in [-0.4, -0.2) is 41.5 Å². The van der Waals surface area contributed by atoms with Gasteiger partial charge in [0.15, 0.2) is 5.67 Å². The van der Waals surface area contributed by atoms with Crippen molar-refractivity contribution in [3.63, 3.8) is 0 Å². The van der Waals surface area contributed by atoms with Gasteiger partial charge in [0.1, 0.15) is 0 Å². The van der Waals surface area contributed by atoms with Crippen LogP contribution in [0.4, 0.5) is 4.39 Å². The lowest BCUT2D eigenvalue weighted by molar-refractivity contribution is -0.238. The summed E-state index contributed by atoms with van der Waals surface area (Å²) in [4.78, 5) is 11.4. The quantitative estimate of drug-likeness (QED) is 0.787. The van der Waals surface area contributed by atoms with E-state index in [1.54, 1.807) is 0 Å². The van der Waals surface area contributed by atoms with Crippen molar-refractivity contribution in [1.82, 2.24) is 5.32 Å². The Labute approximate surface area is 108 Å². The Balaban J connectivity index is 2.56. The van der Waals surface area contributed by atoms with Gasteiger partial charge in [-0.15, -0.1) is 0 Å². The number of rotatable bonds is 5. The number of carbonyl (C=O) groups excluding carboxylic acids is 1. The van der Waals surface area contributed by atoms with E-state index in [1.807, 2.05) is 20.8 Å². The van der Waals surface area contributed by atoms with E-state index in [1.165, 1.54) is 13.8 Å². The molecule has 0 unspecified atom stereocenters. The first-order valence-corrected chi connectivity index (χ1v) is 6.36. The summed E-state index contributed by atoms with van der Waals surface area (Å²) in [7, 11) is 0. The molecular weight excluding hydrogens is 237 g/mol. The molecule has 2 atom stereocenters. The molecule has 0 aliphatic heterocycles. The average Bonchev–Trinajstić information content (AvgIpc) is 2.24. The molecule has 0 aromatic carbocycles. The Hall–Kier alpha value is -0.680. The summed E-state index contributed by atoms with van der Waals surface area (Å²) in [5, 5.41) is 12.9. The van der Waals surface area contributed by atoms with Gasteiger partial charge in [0.2, 0.25) is 0 Å². The molecular formula is C13H24FNO3. The molecule has 2 N–H and O–H groups in total. The molecule has 0 spiro atoms. The number of nitrogens with one attached hydrogen (secondary N) is 1. The normalized spacial score (nSPS) is 30.7. The highest BCUT2D eigenvalue weighted by atomic mass is 19.1. The molecule has 1 aliphatic carbocycles. The summed E-state index contributed by atoms with van der Waals surface area (Å²) in [5.74, 6) is -0.702. The van der Waals surface area contributed by atoms with E-state index in [-0.39, 0.29) is 12.6 Å². The molecule has 1 rings (SSSR count). The van der Waals surface area contributed by atoms with Crippen LogP contribution < -0.4 is 5.32 Å². The lowest BCUT2D eigenvalue weighted by atomic mass is 9.56. The molecule has 0 bridgehead atoms. The molecule has 0 saturated heterocycles. The predicted molar refractivity (Wildman–Crippen MR) is 67.0 cm³/mol. The summed E-state index contributed by atoms with van der Waals surface area (Å²) >= 11 is 0. The minimum Gasteiger partial charge on any atom is -0.387 e. The molecule has 4 nitrogen and oxygen atoms in total. The van der Waals surface area contributed by atoms with E-state index in [2.05, 4.69) is 5.32 Å². The zero-order valence-corrected chi connectivity index (χ0v) is 11.8. The molecule has 1 aliphatic rings. The van der Waals surface area contributed by atoms with Crippen LogP contribution in [0.5, 0.6) is 0 Å². The van der Waals surface area contributed by atoms with Gasteiger partial charge in [0.05, 0.1) is 11.7 Å². The largest absolute Gasteiger partial charge is 0.387 e. The number of aliphatic hydroxyl groups is 1. The third-order valence-corrected chi connectivity index (χ3v) is 3.98. The molecule has 18 heavy (non-hydrogen) atoms. The van der Waals surface area contributed by atoms with Gasteiger partial charge in [-0.25, -0.2) is 4.39 Å². The van der Waals surface area contributed by atoms with Gasteiger partial charge >= 0.3 is 0 Å². The van der Waals surface area contributed by atoms with Crippen LogP contribution in [0.25, 0.3) is 0 Å². The highest BCUT2D eigenvalue weighted by Crippen LogP contribution is 2.50. The van der Waals surface area contributed by atoms with Gasteiger partial charge in [0.25, 0.3) is 5.91 Å². The summed E-state index contributed by atoms with van der Waals surface area (Å²) < 4.78 is 18.9. The van der Waals surface area contributed by atoms with Crippen molar-refractivity contribution in [3.05, 3.63) is 0 Å². The van der Waals surface area contributed by atoms with Crippen LogP contribution in [0, 0.1) is 5.41 Å². The topological polar surface area (TPSA) is 58.6 Å². The van der Waals surface area contributed by atoms with Crippen molar-refractivity contribution in [2.75, 3.05) is 13.2 Å². The van der Waals surface area contributed by atoms with Crippen LogP contribution >= 0.6 is 0 Å². The SMILES string of the molecule is CCO[C@H]1C[C@](O)(CNC(=O)C(C)(C)F)C1(C)C. The maximum Gasteiger partial charge on any atom is 0.257 e. The molecule has 1 saturated carbocycles. The number of halogens is 1. The maximum absolute atomic E-state index is 13.4. The fourth-order valence-corrected chi connectivity index (χ4v) is 2.20. The average molecular weight is 261 g/mol. The third-order valence-electron chi connectivity index (χ3n) is 3.98. The number of alkyl halides is 1. The van der Waals surface area contributed by atoms with E-state index in [4.69, 9.17) is 4.74 Å². The van der Waals surface area contributed by atoms with Crippen molar-refractivity contribution in [2.45, 2.75) is 58.4 Å². The molecule has 0 aromatic rings. The number of hydrogen-bond acceptors (Lipinski definition) is 3. The van der Waals surface area contributed by atoms with Crippen molar-refractivity contribution in [1.29, 1.82) is 0 Å². The highest BCUT2D eigenvalue weighted by molar-refractivity contribution is 5.84. The third kappa shape index (κ3) is 2.67. The summed E-state index contributed by atoms with van der Waals surface area (Å²) in [5.41, 5.74) is -3.41. The molecule has 1 amide bonds. The summed E-state index contributed by atoms with van der Waals surface area (Å²) in [6.45, 7) is 8.72. The van der Waals surface area contributed by atoms with Gasteiger partial charge in [-0.3, -0.25) is 4.79 Å². The first kappa shape index (κ1) is 15.4. The zero-order chi connectivity index (χ0) is 14.2. The van der Waals surface area contributed by atoms with E-state index >= 15 is 0 Å². The first-order chi connectivity index (χ1) is 8.04. The standard InChI is InChI=1S/C13H24FNO3/c1-6-18-9-7-13(17,11(9,2)3)8-15-10(16)12(4,5)14/h9,17H,6-8H2,1-5H3,(H,15,16)/t9-,13-/m0/s1. The molecule has 1 fully saturated rings. The van der Waals surface area contributed by atoms with Gasteiger partial charge in [0, 0.05) is 25.0 Å². The lowest BCUT2D eigenvalue weighted by Crippen LogP contribution is -2.69. The number of hydrogen-bond donors (Lipinski definition) is 2. The number of amides is 1. The van der Waals surface area contributed by atoms with E-state index in [9.17, 15) is 14.3 Å². The second-order valence-electron chi connectivity index (χ2n) is 6.06. The molecule has 106 valence electrons. The van der Waals surface area contributed by atoms with Crippen molar-refractivity contribution in [3.8, 4) is 0 Å². The van der Waals surface area contributed by atoms with Crippen molar-refractivity contribution in [2.24, 2.45) is 5.41 Å². The highest BCUT2D eigenvalue weighted by Gasteiger charge is 2.60. The predicted octanol–water partition coefficient (Wildman–Crippen LogP) is 1.42. The Kier molecular flexibility index (Phi) is 4.08. The summed E-state index contributed by atoms with van der Waals surface area (Å²) in [6, 6.07) is 0. The minimum atomic E-state index is -1.93. The van der Waals surface area contributed by atoms with Crippen LogP contribution in [0.2, 0.25) is 0 Å². The fourth-order valence-electron chi connectivity index (χ4n) is 2.20. The minimum absolute atomic E-state index is 0.0252. The van der Waals surface area contributed by atoms with Crippen molar-refractivity contribution < 1.29 is 19.0 Å². The Morgan fingerprint density at radius 3 is 2.50 bits per heavy atom. The van der Waals surface area contributed by atoms with Crippen LogP contribution in [0.15, 0.2) is 0 Å². The van der Waals surface area contributed by atoms with Crippen molar-refractivity contribution >= 4 is 5.91 Å². The van der Waals surface area contributed by atoms with Gasteiger partial charge in [-0.05, 0) is 20.8 Å². The smallest absolute Gasteiger partial charge is 0.257 e. The first-order valence-electron chi connectivity index (χ1n) is 6.36. The maximum atomic E-state index is 13.4. The van der Waals surface area contributed by atoms with E-state index < -0.39 is 22.6 Å².